The summed E-state index contributed by atoms with van der Waals surface area (Å²) in [6.07, 6.45) is -4.43. The molecule has 0 aromatic heterocycles. The van der Waals surface area contributed by atoms with E-state index in [0.29, 0.717) is 17.9 Å². The SMILES string of the molecule is CCNC(=O)c1cc(N)ccc1Nc1cccc(C(F)(F)F)c1. The van der Waals surface area contributed by atoms with Crippen LogP contribution in [0.25, 0.3) is 0 Å². The van der Waals surface area contributed by atoms with Gasteiger partial charge in [0.15, 0.2) is 0 Å². The van der Waals surface area contributed by atoms with E-state index in [-0.39, 0.29) is 17.2 Å². The number of carbonyl (C=O) groups excluding carboxylic acids is 1. The number of hydrogen-bond acceptors (Lipinski definition) is 3. The van der Waals surface area contributed by atoms with Crippen molar-refractivity contribution in [2.24, 2.45) is 0 Å². The lowest BCUT2D eigenvalue weighted by Gasteiger charge is -2.14. The average Bonchev–Trinajstić information content (AvgIpc) is 2.49. The zero-order valence-corrected chi connectivity index (χ0v) is 12.4. The van der Waals surface area contributed by atoms with Gasteiger partial charge in [0, 0.05) is 17.9 Å². The number of halogens is 3. The molecule has 0 atom stereocenters. The zero-order chi connectivity index (χ0) is 17.0. The number of alkyl halides is 3. The number of nitrogens with one attached hydrogen (secondary N) is 2. The monoisotopic (exact) mass is 323 g/mol. The van der Waals surface area contributed by atoms with Crippen molar-refractivity contribution in [2.45, 2.75) is 13.1 Å². The Kier molecular flexibility index (Phi) is 4.78. The first-order valence-corrected chi connectivity index (χ1v) is 6.93. The third-order valence-corrected chi connectivity index (χ3v) is 3.09. The molecule has 0 heterocycles. The smallest absolute Gasteiger partial charge is 0.399 e. The molecular weight excluding hydrogens is 307 g/mol. The molecule has 2 aromatic rings. The molecule has 0 saturated heterocycles. The highest BCUT2D eigenvalue weighted by atomic mass is 19.4. The van der Waals surface area contributed by atoms with Gasteiger partial charge >= 0.3 is 6.18 Å². The van der Waals surface area contributed by atoms with Crippen LogP contribution in [0.2, 0.25) is 0 Å². The van der Waals surface area contributed by atoms with Gasteiger partial charge in [-0.05, 0) is 43.3 Å². The minimum atomic E-state index is -4.43. The molecule has 2 rings (SSSR count). The molecule has 2 aromatic carbocycles. The number of rotatable bonds is 4. The van der Waals surface area contributed by atoms with Gasteiger partial charge in [0.05, 0.1) is 16.8 Å². The Balaban J connectivity index is 2.35. The van der Waals surface area contributed by atoms with Crippen molar-refractivity contribution in [3.8, 4) is 0 Å². The van der Waals surface area contributed by atoms with Crippen LogP contribution in [0.4, 0.5) is 30.2 Å². The molecule has 0 spiro atoms. The second-order valence-electron chi connectivity index (χ2n) is 4.87. The van der Waals surface area contributed by atoms with E-state index in [1.807, 2.05) is 0 Å². The predicted molar refractivity (Wildman–Crippen MR) is 83.6 cm³/mol. The molecule has 0 aliphatic heterocycles. The van der Waals surface area contributed by atoms with E-state index >= 15 is 0 Å². The molecule has 122 valence electrons. The van der Waals surface area contributed by atoms with Crippen molar-refractivity contribution >= 4 is 23.0 Å². The summed E-state index contributed by atoms with van der Waals surface area (Å²) in [6.45, 7) is 2.20. The lowest BCUT2D eigenvalue weighted by Crippen LogP contribution is -2.23. The van der Waals surface area contributed by atoms with Crippen LogP contribution in [0.1, 0.15) is 22.8 Å². The standard InChI is InChI=1S/C16H16F3N3O/c1-2-21-15(23)13-9-11(20)6-7-14(13)22-12-5-3-4-10(8-12)16(17,18)19/h3-9,22H,2,20H2,1H3,(H,21,23). The van der Waals surface area contributed by atoms with Crippen LogP contribution in [0, 0.1) is 0 Å². The van der Waals surface area contributed by atoms with Gasteiger partial charge in [-0.15, -0.1) is 0 Å². The molecule has 0 bridgehead atoms. The van der Waals surface area contributed by atoms with Crippen LogP contribution < -0.4 is 16.4 Å². The summed E-state index contributed by atoms with van der Waals surface area (Å²) in [5.41, 5.74) is 6.18. The Labute approximate surface area is 131 Å². The summed E-state index contributed by atoms with van der Waals surface area (Å²) in [4.78, 5) is 12.0. The highest BCUT2D eigenvalue weighted by molar-refractivity contribution is 6.01. The van der Waals surface area contributed by atoms with E-state index in [4.69, 9.17) is 5.73 Å². The molecule has 4 nitrogen and oxygen atoms in total. The van der Waals surface area contributed by atoms with E-state index in [0.717, 1.165) is 12.1 Å². The third-order valence-electron chi connectivity index (χ3n) is 3.09. The molecule has 0 unspecified atom stereocenters. The largest absolute Gasteiger partial charge is 0.416 e. The molecule has 0 saturated carbocycles. The van der Waals surface area contributed by atoms with E-state index in [9.17, 15) is 18.0 Å². The summed E-state index contributed by atoms with van der Waals surface area (Å²) >= 11 is 0. The lowest BCUT2D eigenvalue weighted by atomic mass is 10.1. The summed E-state index contributed by atoms with van der Waals surface area (Å²) in [6, 6.07) is 9.36. The number of nitrogen functional groups attached to an aromatic ring is 1. The quantitative estimate of drug-likeness (QED) is 0.750. The van der Waals surface area contributed by atoms with Gasteiger partial charge in [-0.2, -0.15) is 13.2 Å². The molecule has 0 aliphatic rings. The Morgan fingerprint density at radius 3 is 2.57 bits per heavy atom. The Bertz CT molecular complexity index is 714. The first-order valence-electron chi connectivity index (χ1n) is 6.93. The highest BCUT2D eigenvalue weighted by Gasteiger charge is 2.30. The highest BCUT2D eigenvalue weighted by Crippen LogP contribution is 2.32. The van der Waals surface area contributed by atoms with Gasteiger partial charge in [0.25, 0.3) is 5.91 Å². The number of hydrogen-bond donors (Lipinski definition) is 3. The molecule has 0 radical (unpaired) electrons. The van der Waals surface area contributed by atoms with Crippen molar-refractivity contribution in [2.75, 3.05) is 17.6 Å². The number of carbonyl (C=O) groups is 1. The maximum absolute atomic E-state index is 12.8. The molecular formula is C16H16F3N3O. The Morgan fingerprint density at radius 1 is 1.17 bits per heavy atom. The Hall–Kier alpha value is -2.70. The molecule has 0 fully saturated rings. The predicted octanol–water partition coefficient (Wildman–Crippen LogP) is 3.78. The normalized spacial score (nSPS) is 11.1. The van der Waals surface area contributed by atoms with Crippen LogP contribution in [-0.4, -0.2) is 12.5 Å². The van der Waals surface area contributed by atoms with E-state index in [1.54, 1.807) is 19.1 Å². The second-order valence-corrected chi connectivity index (χ2v) is 4.87. The fourth-order valence-electron chi connectivity index (χ4n) is 2.04. The van der Waals surface area contributed by atoms with Crippen LogP contribution in [0.15, 0.2) is 42.5 Å². The van der Waals surface area contributed by atoms with Gasteiger partial charge in [0.2, 0.25) is 0 Å². The maximum Gasteiger partial charge on any atom is 0.416 e. The van der Waals surface area contributed by atoms with E-state index in [1.165, 1.54) is 18.2 Å². The summed E-state index contributed by atoms with van der Waals surface area (Å²) in [5, 5.41) is 5.47. The minimum absolute atomic E-state index is 0.232. The number of nitrogens with two attached hydrogens (primary N) is 1. The van der Waals surface area contributed by atoms with Gasteiger partial charge < -0.3 is 16.4 Å². The van der Waals surface area contributed by atoms with Crippen molar-refractivity contribution in [1.82, 2.24) is 5.32 Å². The topological polar surface area (TPSA) is 67.2 Å². The third kappa shape index (κ3) is 4.15. The fourth-order valence-corrected chi connectivity index (χ4v) is 2.04. The molecule has 23 heavy (non-hydrogen) atoms. The minimum Gasteiger partial charge on any atom is -0.399 e. The van der Waals surface area contributed by atoms with Crippen molar-refractivity contribution < 1.29 is 18.0 Å². The van der Waals surface area contributed by atoms with Crippen molar-refractivity contribution in [3.05, 3.63) is 53.6 Å². The molecule has 4 N–H and O–H groups in total. The maximum atomic E-state index is 12.8. The van der Waals surface area contributed by atoms with Gasteiger partial charge in [-0.25, -0.2) is 0 Å². The first-order chi connectivity index (χ1) is 10.8. The van der Waals surface area contributed by atoms with Crippen molar-refractivity contribution in [3.63, 3.8) is 0 Å². The van der Waals surface area contributed by atoms with Gasteiger partial charge in [-0.1, -0.05) is 6.07 Å². The van der Waals surface area contributed by atoms with Crippen LogP contribution in [0.3, 0.4) is 0 Å². The lowest BCUT2D eigenvalue weighted by molar-refractivity contribution is -0.137. The van der Waals surface area contributed by atoms with Crippen LogP contribution in [0.5, 0.6) is 0 Å². The summed E-state index contributed by atoms with van der Waals surface area (Å²) in [5.74, 6) is -0.353. The number of amides is 1. The molecule has 7 heteroatoms. The Morgan fingerprint density at radius 2 is 1.91 bits per heavy atom. The summed E-state index contributed by atoms with van der Waals surface area (Å²) < 4.78 is 38.3. The average molecular weight is 323 g/mol. The first kappa shape index (κ1) is 16.7. The van der Waals surface area contributed by atoms with Gasteiger partial charge in [-0.3, -0.25) is 4.79 Å². The molecule has 0 aliphatic carbocycles. The summed E-state index contributed by atoms with van der Waals surface area (Å²) in [7, 11) is 0. The zero-order valence-electron chi connectivity index (χ0n) is 12.4. The fraction of sp³-hybridized carbons (Fsp3) is 0.188. The second kappa shape index (κ2) is 6.60. The van der Waals surface area contributed by atoms with Gasteiger partial charge in [0.1, 0.15) is 0 Å². The number of anilines is 3. The van der Waals surface area contributed by atoms with Crippen LogP contribution in [-0.2, 0) is 6.18 Å². The number of benzene rings is 2. The van der Waals surface area contributed by atoms with E-state index in [2.05, 4.69) is 10.6 Å². The van der Waals surface area contributed by atoms with Crippen LogP contribution >= 0.6 is 0 Å². The molecule has 1 amide bonds. The van der Waals surface area contributed by atoms with Crippen molar-refractivity contribution in [1.29, 1.82) is 0 Å². The van der Waals surface area contributed by atoms with E-state index < -0.39 is 11.7 Å².